The Kier molecular flexibility index (Phi) is 13.5. The Labute approximate surface area is 167 Å². The average Bonchev–Trinajstić information content (AvgIpc) is 2.66. The molecule has 0 radical (unpaired) electrons. The third-order valence-corrected chi connectivity index (χ3v) is 5.24. The van der Waals surface area contributed by atoms with Crippen LogP contribution < -0.4 is 5.32 Å². The van der Waals surface area contributed by atoms with Crippen molar-refractivity contribution in [3.8, 4) is 5.75 Å². The summed E-state index contributed by atoms with van der Waals surface area (Å²) in [6.45, 7) is 4.67. The van der Waals surface area contributed by atoms with Crippen LogP contribution in [0.4, 0.5) is 5.69 Å². The van der Waals surface area contributed by atoms with Crippen LogP contribution in [-0.2, 0) is 0 Å². The number of carbonyl (C=O) groups is 1. The summed E-state index contributed by atoms with van der Waals surface area (Å²) in [6, 6.07) is 5.15. The van der Waals surface area contributed by atoms with Crippen molar-refractivity contribution < 1.29 is 9.90 Å². The van der Waals surface area contributed by atoms with Crippen molar-refractivity contribution in [2.24, 2.45) is 0 Å². The Bertz CT molecular complexity index is 513. The van der Waals surface area contributed by atoms with Gasteiger partial charge in [0, 0.05) is 12.2 Å². The third-order valence-electron chi connectivity index (χ3n) is 5.24. The van der Waals surface area contributed by atoms with Crippen LogP contribution in [0, 0.1) is 0 Å². The molecule has 0 saturated heterocycles. The molecule has 0 aliphatic heterocycles. The highest BCUT2D eigenvalue weighted by Crippen LogP contribution is 2.22. The summed E-state index contributed by atoms with van der Waals surface area (Å²) in [7, 11) is 0. The van der Waals surface area contributed by atoms with Crippen molar-refractivity contribution in [3.05, 3.63) is 23.8 Å². The molecule has 3 nitrogen and oxygen atoms in total. The van der Waals surface area contributed by atoms with E-state index < -0.39 is 0 Å². The monoisotopic (exact) mass is 375 g/mol. The van der Waals surface area contributed by atoms with E-state index in [1.165, 1.54) is 90.4 Å². The first-order valence-corrected chi connectivity index (χ1v) is 11.2. The highest BCUT2D eigenvalue weighted by atomic mass is 16.3. The maximum Gasteiger partial charge on any atom is 0.163 e. The molecule has 1 aromatic rings. The van der Waals surface area contributed by atoms with Crippen molar-refractivity contribution in [2.45, 2.75) is 104 Å². The van der Waals surface area contributed by atoms with Gasteiger partial charge in [-0.05, 0) is 31.5 Å². The first-order valence-electron chi connectivity index (χ1n) is 11.2. The van der Waals surface area contributed by atoms with Crippen LogP contribution in [0.15, 0.2) is 18.2 Å². The fourth-order valence-corrected chi connectivity index (χ4v) is 3.48. The minimum Gasteiger partial charge on any atom is -0.507 e. The zero-order valence-electron chi connectivity index (χ0n) is 17.7. The zero-order chi connectivity index (χ0) is 19.7. The van der Waals surface area contributed by atoms with E-state index in [0.717, 1.165) is 18.7 Å². The number of carbonyl (C=O) groups excluding carboxylic acids is 1. The fraction of sp³-hybridized carbons (Fsp3) is 0.708. The summed E-state index contributed by atoms with van der Waals surface area (Å²) in [4.78, 5) is 11.4. The minimum atomic E-state index is -0.104. The third kappa shape index (κ3) is 11.7. The average molecular weight is 376 g/mol. The van der Waals surface area contributed by atoms with Crippen LogP contribution in [0.1, 0.15) is 114 Å². The summed E-state index contributed by atoms with van der Waals surface area (Å²) < 4.78 is 0. The summed E-state index contributed by atoms with van der Waals surface area (Å²) in [5, 5.41) is 13.0. The molecule has 0 bridgehead atoms. The maximum absolute atomic E-state index is 11.4. The summed E-state index contributed by atoms with van der Waals surface area (Å²) in [6.07, 6.45) is 19.1. The first kappa shape index (κ1) is 23.5. The minimum absolute atomic E-state index is 0.0598. The van der Waals surface area contributed by atoms with Gasteiger partial charge in [0.15, 0.2) is 5.78 Å². The number of phenols is 1. The van der Waals surface area contributed by atoms with Crippen molar-refractivity contribution in [2.75, 3.05) is 11.9 Å². The molecule has 0 fully saturated rings. The molecular formula is C24H41NO2. The fourth-order valence-electron chi connectivity index (χ4n) is 3.48. The van der Waals surface area contributed by atoms with Gasteiger partial charge in [-0.25, -0.2) is 0 Å². The van der Waals surface area contributed by atoms with Crippen molar-refractivity contribution in [1.82, 2.24) is 0 Å². The molecule has 27 heavy (non-hydrogen) atoms. The molecule has 1 rings (SSSR count). The maximum atomic E-state index is 11.4. The highest BCUT2D eigenvalue weighted by molar-refractivity contribution is 5.97. The van der Waals surface area contributed by atoms with Crippen molar-refractivity contribution in [3.63, 3.8) is 0 Å². The molecule has 0 heterocycles. The Balaban J connectivity index is 1.91. The van der Waals surface area contributed by atoms with E-state index in [1.807, 2.05) is 6.07 Å². The quantitative estimate of drug-likeness (QED) is 0.168. The lowest BCUT2D eigenvalue weighted by Crippen LogP contribution is -2.03. The van der Waals surface area contributed by atoms with E-state index in [0.29, 0.717) is 5.56 Å². The van der Waals surface area contributed by atoms with E-state index in [-0.39, 0.29) is 11.5 Å². The number of unbranched alkanes of at least 4 members (excludes halogenated alkanes) is 13. The van der Waals surface area contributed by atoms with E-state index in [2.05, 4.69) is 12.2 Å². The number of benzene rings is 1. The summed E-state index contributed by atoms with van der Waals surface area (Å²) >= 11 is 0. The van der Waals surface area contributed by atoms with Gasteiger partial charge in [-0.1, -0.05) is 90.4 Å². The Morgan fingerprint density at radius 1 is 0.815 bits per heavy atom. The van der Waals surface area contributed by atoms with Crippen molar-refractivity contribution >= 4 is 11.5 Å². The van der Waals surface area contributed by atoms with Gasteiger partial charge in [0.2, 0.25) is 0 Å². The van der Waals surface area contributed by atoms with Gasteiger partial charge in [-0.3, -0.25) is 4.79 Å². The molecule has 0 aliphatic rings. The first-order chi connectivity index (χ1) is 13.1. The number of aromatic hydroxyl groups is 1. The number of hydrogen-bond donors (Lipinski definition) is 2. The second-order valence-corrected chi connectivity index (χ2v) is 7.81. The standard InChI is InChI=1S/C24H41NO2/c1-3-4-5-6-7-8-9-10-11-12-13-14-15-16-19-25-22-17-18-24(27)23(20-22)21(2)26/h17-18,20,25,27H,3-16,19H2,1-2H3. The second-order valence-electron chi connectivity index (χ2n) is 7.81. The lowest BCUT2D eigenvalue weighted by Gasteiger charge is -2.09. The number of anilines is 1. The number of ketones is 1. The smallest absolute Gasteiger partial charge is 0.163 e. The van der Waals surface area contributed by atoms with Crippen LogP contribution in [-0.4, -0.2) is 17.4 Å². The van der Waals surface area contributed by atoms with Gasteiger partial charge in [0.1, 0.15) is 5.75 Å². The molecule has 2 N–H and O–H groups in total. The normalized spacial score (nSPS) is 10.9. The topological polar surface area (TPSA) is 49.3 Å². The van der Waals surface area contributed by atoms with Crippen LogP contribution in [0.5, 0.6) is 5.75 Å². The van der Waals surface area contributed by atoms with Crippen LogP contribution in [0.25, 0.3) is 0 Å². The molecule has 0 aromatic heterocycles. The Hall–Kier alpha value is -1.51. The Morgan fingerprint density at radius 3 is 1.78 bits per heavy atom. The van der Waals surface area contributed by atoms with E-state index >= 15 is 0 Å². The van der Waals surface area contributed by atoms with E-state index in [1.54, 1.807) is 12.1 Å². The number of Topliss-reactive ketones (excluding diaryl/α,β-unsaturated/α-hetero) is 1. The van der Waals surface area contributed by atoms with Gasteiger partial charge in [0.05, 0.1) is 5.56 Å². The molecule has 0 unspecified atom stereocenters. The summed E-state index contributed by atoms with van der Waals surface area (Å²) in [5.74, 6) is -0.0443. The molecule has 0 aliphatic carbocycles. The lowest BCUT2D eigenvalue weighted by molar-refractivity contribution is 0.101. The second kappa shape index (κ2) is 15.5. The molecule has 1 aromatic carbocycles. The van der Waals surface area contributed by atoms with E-state index in [4.69, 9.17) is 0 Å². The predicted octanol–water partition coefficient (Wildman–Crippen LogP) is 7.49. The highest BCUT2D eigenvalue weighted by Gasteiger charge is 2.06. The molecule has 154 valence electrons. The van der Waals surface area contributed by atoms with Crippen LogP contribution in [0.3, 0.4) is 0 Å². The molecule has 0 spiro atoms. The number of phenolic OH excluding ortho intramolecular Hbond substituents is 1. The van der Waals surface area contributed by atoms with Crippen LogP contribution >= 0.6 is 0 Å². The number of hydrogen-bond acceptors (Lipinski definition) is 3. The van der Waals surface area contributed by atoms with Gasteiger partial charge in [-0.15, -0.1) is 0 Å². The largest absolute Gasteiger partial charge is 0.507 e. The summed E-state index contributed by atoms with van der Waals surface area (Å²) in [5.41, 5.74) is 1.30. The predicted molar refractivity (Wildman–Crippen MR) is 117 cm³/mol. The molecule has 0 atom stereocenters. The SMILES string of the molecule is CCCCCCCCCCCCCCCCNc1ccc(O)c(C(C)=O)c1. The molecule has 0 amide bonds. The van der Waals surface area contributed by atoms with Crippen LogP contribution in [0.2, 0.25) is 0 Å². The van der Waals surface area contributed by atoms with Gasteiger partial charge < -0.3 is 10.4 Å². The van der Waals surface area contributed by atoms with Gasteiger partial charge in [-0.2, -0.15) is 0 Å². The molecule has 3 heteroatoms. The van der Waals surface area contributed by atoms with E-state index in [9.17, 15) is 9.90 Å². The number of rotatable bonds is 17. The Morgan fingerprint density at radius 2 is 1.30 bits per heavy atom. The molecule has 0 saturated carbocycles. The number of nitrogens with one attached hydrogen (secondary N) is 1. The lowest BCUT2D eigenvalue weighted by atomic mass is 10.0. The zero-order valence-corrected chi connectivity index (χ0v) is 17.7. The van der Waals surface area contributed by atoms with Gasteiger partial charge in [0.25, 0.3) is 0 Å². The molecular weight excluding hydrogens is 334 g/mol. The van der Waals surface area contributed by atoms with Gasteiger partial charge >= 0.3 is 0 Å². The van der Waals surface area contributed by atoms with Crippen molar-refractivity contribution in [1.29, 1.82) is 0 Å².